The van der Waals surface area contributed by atoms with E-state index in [4.69, 9.17) is 0 Å². The van der Waals surface area contributed by atoms with Gasteiger partial charge in [-0.2, -0.15) is 0 Å². The van der Waals surface area contributed by atoms with Crippen molar-refractivity contribution >= 4 is 27.0 Å². The van der Waals surface area contributed by atoms with Crippen LogP contribution >= 0.6 is 0 Å². The molecule has 0 saturated carbocycles. The molecule has 0 aliphatic carbocycles. The molecule has 120 valence electrons. The van der Waals surface area contributed by atoms with Gasteiger partial charge in [0, 0.05) is 33.6 Å². The summed E-state index contributed by atoms with van der Waals surface area (Å²) in [6.07, 6.45) is 2.10. The average Bonchev–Trinajstić information content (AvgIpc) is 2.89. The third-order valence-corrected chi connectivity index (χ3v) is 5.18. The SMILES string of the molecule is CCC(=O)NCCn1cnc2cc(S(=O)(=O)N(C)C)ccc21. The van der Waals surface area contributed by atoms with Crippen LogP contribution in [0.3, 0.4) is 0 Å². The van der Waals surface area contributed by atoms with Crippen LogP contribution in [0.1, 0.15) is 13.3 Å². The molecule has 1 heterocycles. The number of amides is 1. The Balaban J connectivity index is 2.22. The molecular formula is C14H20N4O3S. The van der Waals surface area contributed by atoms with Crippen molar-refractivity contribution < 1.29 is 13.2 Å². The summed E-state index contributed by atoms with van der Waals surface area (Å²) in [5.41, 5.74) is 1.45. The molecule has 0 aliphatic rings. The van der Waals surface area contributed by atoms with Gasteiger partial charge in [-0.05, 0) is 18.2 Å². The second-order valence-electron chi connectivity index (χ2n) is 5.08. The summed E-state index contributed by atoms with van der Waals surface area (Å²) in [4.78, 5) is 15.7. The molecule has 0 saturated heterocycles. The van der Waals surface area contributed by atoms with E-state index < -0.39 is 10.0 Å². The number of carbonyl (C=O) groups excluding carboxylic acids is 1. The van der Waals surface area contributed by atoms with Crippen LogP contribution in [0, 0.1) is 0 Å². The quantitative estimate of drug-likeness (QED) is 0.852. The minimum atomic E-state index is -3.46. The van der Waals surface area contributed by atoms with Crippen molar-refractivity contribution in [3.05, 3.63) is 24.5 Å². The zero-order valence-corrected chi connectivity index (χ0v) is 13.7. The van der Waals surface area contributed by atoms with Crippen molar-refractivity contribution in [3.63, 3.8) is 0 Å². The zero-order valence-electron chi connectivity index (χ0n) is 12.9. The zero-order chi connectivity index (χ0) is 16.3. The third kappa shape index (κ3) is 3.28. The number of benzene rings is 1. The Kier molecular flexibility index (Phi) is 4.82. The van der Waals surface area contributed by atoms with Crippen molar-refractivity contribution in [1.29, 1.82) is 0 Å². The van der Waals surface area contributed by atoms with E-state index in [1.54, 1.807) is 31.5 Å². The van der Waals surface area contributed by atoms with Gasteiger partial charge >= 0.3 is 0 Å². The smallest absolute Gasteiger partial charge is 0.242 e. The molecule has 0 bridgehead atoms. The molecule has 0 spiro atoms. The fraction of sp³-hybridized carbons (Fsp3) is 0.429. The van der Waals surface area contributed by atoms with E-state index in [-0.39, 0.29) is 10.8 Å². The normalized spacial score (nSPS) is 12.0. The van der Waals surface area contributed by atoms with Gasteiger partial charge in [0.25, 0.3) is 0 Å². The van der Waals surface area contributed by atoms with E-state index in [1.165, 1.54) is 18.4 Å². The lowest BCUT2D eigenvalue weighted by molar-refractivity contribution is -0.120. The molecule has 1 aromatic carbocycles. The number of carbonyl (C=O) groups is 1. The minimum absolute atomic E-state index is 0.00350. The fourth-order valence-electron chi connectivity index (χ4n) is 2.03. The first-order valence-electron chi connectivity index (χ1n) is 7.00. The fourth-order valence-corrected chi connectivity index (χ4v) is 2.96. The number of sulfonamides is 1. The standard InChI is InChI=1S/C14H20N4O3S/c1-4-14(19)15-7-8-18-10-16-12-9-11(5-6-13(12)18)22(20,21)17(2)3/h5-6,9-10H,4,7-8H2,1-3H3,(H,15,19). The lowest BCUT2D eigenvalue weighted by Crippen LogP contribution is -2.26. The average molecular weight is 324 g/mol. The number of hydrogen-bond acceptors (Lipinski definition) is 4. The highest BCUT2D eigenvalue weighted by molar-refractivity contribution is 7.89. The molecule has 0 atom stereocenters. The van der Waals surface area contributed by atoms with Gasteiger partial charge in [0.1, 0.15) is 0 Å². The Morgan fingerprint density at radius 3 is 2.73 bits per heavy atom. The third-order valence-electron chi connectivity index (χ3n) is 3.37. The molecule has 1 aromatic heterocycles. The predicted octanol–water partition coefficient (Wildman–Crippen LogP) is 0.813. The largest absolute Gasteiger partial charge is 0.354 e. The van der Waals surface area contributed by atoms with E-state index in [0.717, 1.165) is 5.52 Å². The maximum Gasteiger partial charge on any atom is 0.242 e. The molecule has 2 aromatic rings. The van der Waals surface area contributed by atoms with Gasteiger partial charge in [-0.1, -0.05) is 6.92 Å². The number of aromatic nitrogens is 2. The Hall–Kier alpha value is -1.93. The van der Waals surface area contributed by atoms with Gasteiger partial charge in [-0.3, -0.25) is 4.79 Å². The predicted molar refractivity (Wildman–Crippen MR) is 83.9 cm³/mol. The van der Waals surface area contributed by atoms with Crippen molar-refractivity contribution in [1.82, 2.24) is 19.2 Å². The second kappa shape index (κ2) is 6.45. The highest BCUT2D eigenvalue weighted by atomic mass is 32.2. The van der Waals surface area contributed by atoms with Gasteiger partial charge < -0.3 is 9.88 Å². The number of nitrogens with zero attached hydrogens (tertiary/aromatic N) is 3. The van der Waals surface area contributed by atoms with Crippen LogP contribution in [0.2, 0.25) is 0 Å². The van der Waals surface area contributed by atoms with Crippen LogP contribution in [-0.2, 0) is 21.4 Å². The molecular weight excluding hydrogens is 304 g/mol. The van der Waals surface area contributed by atoms with Crippen LogP contribution in [0.15, 0.2) is 29.4 Å². The van der Waals surface area contributed by atoms with Crippen molar-refractivity contribution in [2.24, 2.45) is 0 Å². The van der Waals surface area contributed by atoms with Crippen LogP contribution in [0.4, 0.5) is 0 Å². The molecule has 2 rings (SSSR count). The Morgan fingerprint density at radius 1 is 1.36 bits per heavy atom. The van der Waals surface area contributed by atoms with Crippen LogP contribution in [0.25, 0.3) is 11.0 Å². The molecule has 1 N–H and O–H groups in total. The summed E-state index contributed by atoms with van der Waals surface area (Å²) in [6, 6.07) is 4.87. The van der Waals surface area contributed by atoms with Gasteiger partial charge in [0.15, 0.2) is 0 Å². The summed E-state index contributed by atoms with van der Waals surface area (Å²) in [6.45, 7) is 2.90. The Bertz CT molecular complexity index is 780. The number of imidazole rings is 1. The monoisotopic (exact) mass is 324 g/mol. The summed E-state index contributed by atoms with van der Waals surface area (Å²) < 4.78 is 27.3. The van der Waals surface area contributed by atoms with E-state index in [0.29, 0.717) is 25.0 Å². The first-order chi connectivity index (χ1) is 10.4. The van der Waals surface area contributed by atoms with E-state index in [2.05, 4.69) is 10.3 Å². The van der Waals surface area contributed by atoms with E-state index in [9.17, 15) is 13.2 Å². The highest BCUT2D eigenvalue weighted by Gasteiger charge is 2.18. The van der Waals surface area contributed by atoms with Crippen molar-refractivity contribution in [2.75, 3.05) is 20.6 Å². The van der Waals surface area contributed by atoms with Gasteiger partial charge in [-0.25, -0.2) is 17.7 Å². The Morgan fingerprint density at radius 2 is 2.09 bits per heavy atom. The number of hydrogen-bond donors (Lipinski definition) is 1. The summed E-state index contributed by atoms with van der Waals surface area (Å²) in [7, 11) is -0.474. The van der Waals surface area contributed by atoms with Crippen molar-refractivity contribution in [2.45, 2.75) is 24.8 Å². The van der Waals surface area contributed by atoms with Crippen LogP contribution in [-0.4, -0.2) is 48.8 Å². The molecule has 22 heavy (non-hydrogen) atoms. The van der Waals surface area contributed by atoms with E-state index >= 15 is 0 Å². The lowest BCUT2D eigenvalue weighted by atomic mass is 10.3. The highest BCUT2D eigenvalue weighted by Crippen LogP contribution is 2.20. The molecule has 0 unspecified atom stereocenters. The lowest BCUT2D eigenvalue weighted by Gasteiger charge is -2.11. The topological polar surface area (TPSA) is 84.3 Å². The van der Waals surface area contributed by atoms with Crippen LogP contribution < -0.4 is 5.32 Å². The summed E-state index contributed by atoms with van der Waals surface area (Å²) >= 11 is 0. The summed E-state index contributed by atoms with van der Waals surface area (Å²) in [5, 5.41) is 2.80. The first-order valence-corrected chi connectivity index (χ1v) is 8.44. The first kappa shape index (κ1) is 16.4. The molecule has 0 radical (unpaired) electrons. The van der Waals surface area contributed by atoms with Gasteiger partial charge in [0.05, 0.1) is 22.3 Å². The minimum Gasteiger partial charge on any atom is -0.354 e. The molecule has 1 amide bonds. The maximum atomic E-state index is 12.1. The number of nitrogens with one attached hydrogen (secondary N) is 1. The Labute approximate surface area is 130 Å². The maximum absolute atomic E-state index is 12.1. The molecule has 0 fully saturated rings. The summed E-state index contributed by atoms with van der Waals surface area (Å²) in [5.74, 6) is 0.00350. The van der Waals surface area contributed by atoms with Crippen LogP contribution in [0.5, 0.6) is 0 Å². The number of rotatable bonds is 6. The van der Waals surface area contributed by atoms with Gasteiger partial charge in [-0.15, -0.1) is 0 Å². The second-order valence-corrected chi connectivity index (χ2v) is 7.23. The molecule has 0 aliphatic heterocycles. The molecule has 8 heteroatoms. The van der Waals surface area contributed by atoms with E-state index in [1.807, 2.05) is 4.57 Å². The van der Waals surface area contributed by atoms with Gasteiger partial charge in [0.2, 0.25) is 15.9 Å². The van der Waals surface area contributed by atoms with Crippen molar-refractivity contribution in [3.8, 4) is 0 Å². The molecule has 7 nitrogen and oxygen atoms in total. The number of fused-ring (bicyclic) bond motifs is 1.